The highest BCUT2D eigenvalue weighted by Gasteiger charge is 2.51. The fraction of sp³-hybridized carbons (Fsp3) is 0.812. The molecule has 0 aromatic rings. The fourth-order valence-corrected chi connectivity index (χ4v) is 4.94. The zero-order chi connectivity index (χ0) is 13.3. The van der Waals surface area contributed by atoms with Gasteiger partial charge in [0.05, 0.1) is 0 Å². The number of hydrogen-bond donors (Lipinski definition) is 2. The third-order valence-corrected chi connectivity index (χ3v) is 5.20. The van der Waals surface area contributed by atoms with Crippen molar-refractivity contribution in [3.05, 3.63) is 0 Å². The van der Waals surface area contributed by atoms with E-state index < -0.39 is 0 Å². The Bertz CT molecular complexity index is 361. The second-order valence-corrected chi connectivity index (χ2v) is 6.89. The molecule has 0 heterocycles. The van der Waals surface area contributed by atoms with Crippen molar-refractivity contribution in [1.82, 2.24) is 10.6 Å². The Hall–Kier alpha value is -1.17. The van der Waals surface area contributed by atoms with E-state index in [0.717, 1.165) is 30.6 Å². The van der Waals surface area contributed by atoms with Crippen LogP contribution in [0.5, 0.6) is 0 Å². The van der Waals surface area contributed by atoms with Crippen molar-refractivity contribution in [2.24, 2.45) is 17.8 Å². The number of carbonyl (C=O) groups excluding carboxylic acids is 1. The standard InChI is InChI=1S/C16H24N2O/c1-2-3-4-5-17-15(19)18-16-9-12-6-13(10-16)8-14(7-12)11-16/h1,12-14H,3-11H2,(H2,17,18,19). The minimum atomic E-state index is 0.0129. The van der Waals surface area contributed by atoms with Gasteiger partial charge in [0.2, 0.25) is 0 Å². The molecule has 104 valence electrons. The minimum Gasteiger partial charge on any atom is -0.338 e. The minimum absolute atomic E-state index is 0.0129. The van der Waals surface area contributed by atoms with Crippen LogP contribution in [0, 0.1) is 30.1 Å². The van der Waals surface area contributed by atoms with Crippen molar-refractivity contribution in [2.45, 2.75) is 56.9 Å². The maximum Gasteiger partial charge on any atom is 0.315 e. The molecular formula is C16H24N2O. The first kappa shape index (κ1) is 12.8. The molecule has 4 bridgehead atoms. The monoisotopic (exact) mass is 260 g/mol. The van der Waals surface area contributed by atoms with Gasteiger partial charge >= 0.3 is 6.03 Å². The van der Waals surface area contributed by atoms with Gasteiger partial charge in [0, 0.05) is 18.5 Å². The Morgan fingerprint density at radius 3 is 2.26 bits per heavy atom. The van der Waals surface area contributed by atoms with Crippen LogP contribution in [0.4, 0.5) is 4.79 Å². The average Bonchev–Trinajstić information content (AvgIpc) is 2.32. The van der Waals surface area contributed by atoms with E-state index in [0.29, 0.717) is 6.54 Å². The van der Waals surface area contributed by atoms with E-state index >= 15 is 0 Å². The van der Waals surface area contributed by atoms with E-state index in [4.69, 9.17) is 6.42 Å². The average molecular weight is 260 g/mol. The molecule has 4 fully saturated rings. The summed E-state index contributed by atoms with van der Waals surface area (Å²) in [7, 11) is 0. The lowest BCUT2D eigenvalue weighted by molar-refractivity contribution is -0.0135. The van der Waals surface area contributed by atoms with Crippen molar-refractivity contribution in [2.75, 3.05) is 6.54 Å². The van der Waals surface area contributed by atoms with Gasteiger partial charge in [0.15, 0.2) is 0 Å². The van der Waals surface area contributed by atoms with Gasteiger partial charge in [0.25, 0.3) is 0 Å². The molecule has 0 spiro atoms. The van der Waals surface area contributed by atoms with Crippen LogP contribution in [-0.4, -0.2) is 18.1 Å². The molecule has 0 aromatic heterocycles. The van der Waals surface area contributed by atoms with Gasteiger partial charge < -0.3 is 10.6 Å². The van der Waals surface area contributed by atoms with Crippen molar-refractivity contribution in [3.63, 3.8) is 0 Å². The van der Waals surface area contributed by atoms with E-state index in [9.17, 15) is 4.79 Å². The van der Waals surface area contributed by atoms with Crippen molar-refractivity contribution < 1.29 is 4.79 Å². The van der Waals surface area contributed by atoms with Crippen LogP contribution in [0.1, 0.15) is 51.4 Å². The second kappa shape index (κ2) is 5.07. The zero-order valence-electron chi connectivity index (χ0n) is 11.6. The van der Waals surface area contributed by atoms with Gasteiger partial charge in [0.1, 0.15) is 0 Å². The SMILES string of the molecule is C#CCCCNC(=O)NC12CC3CC(CC(C3)C1)C2. The number of urea groups is 1. The molecule has 4 saturated carbocycles. The Labute approximate surface area is 115 Å². The third-order valence-electron chi connectivity index (χ3n) is 5.20. The quantitative estimate of drug-likeness (QED) is 0.592. The van der Waals surface area contributed by atoms with Crippen LogP contribution in [0.3, 0.4) is 0 Å². The first-order valence-electron chi connectivity index (χ1n) is 7.68. The normalized spacial score (nSPS) is 38.8. The summed E-state index contributed by atoms with van der Waals surface area (Å²) < 4.78 is 0. The first-order valence-corrected chi connectivity index (χ1v) is 7.68. The summed E-state index contributed by atoms with van der Waals surface area (Å²) in [6.07, 6.45) is 14.6. The Morgan fingerprint density at radius 1 is 1.16 bits per heavy atom. The summed E-state index contributed by atoms with van der Waals surface area (Å²) >= 11 is 0. The zero-order valence-corrected chi connectivity index (χ0v) is 11.6. The van der Waals surface area contributed by atoms with E-state index in [2.05, 4.69) is 16.6 Å². The Kier molecular flexibility index (Phi) is 3.43. The molecule has 3 heteroatoms. The van der Waals surface area contributed by atoms with Crippen LogP contribution in [0.15, 0.2) is 0 Å². The molecule has 3 nitrogen and oxygen atoms in total. The van der Waals surface area contributed by atoms with Crippen LogP contribution in [0.2, 0.25) is 0 Å². The number of hydrogen-bond acceptors (Lipinski definition) is 1. The molecule has 0 aliphatic heterocycles. The second-order valence-electron chi connectivity index (χ2n) is 6.89. The molecule has 4 rings (SSSR count). The molecule has 2 N–H and O–H groups in total. The largest absolute Gasteiger partial charge is 0.338 e. The van der Waals surface area contributed by atoms with Crippen LogP contribution in [0.25, 0.3) is 0 Å². The first-order chi connectivity index (χ1) is 9.19. The van der Waals surface area contributed by atoms with Crippen molar-refractivity contribution >= 4 is 6.03 Å². The third kappa shape index (κ3) is 2.73. The number of terminal acetylenes is 1. The Balaban J connectivity index is 1.52. The summed E-state index contributed by atoms with van der Waals surface area (Å²) in [5, 5.41) is 6.25. The highest BCUT2D eigenvalue weighted by molar-refractivity contribution is 5.74. The summed E-state index contributed by atoms with van der Waals surface area (Å²) in [5.41, 5.74) is 0.116. The number of amides is 2. The molecule has 0 unspecified atom stereocenters. The molecule has 0 atom stereocenters. The smallest absolute Gasteiger partial charge is 0.315 e. The number of rotatable bonds is 4. The van der Waals surface area contributed by atoms with Gasteiger partial charge in [-0.3, -0.25) is 0 Å². The molecular weight excluding hydrogens is 236 g/mol. The molecule has 4 aliphatic rings. The summed E-state index contributed by atoms with van der Waals surface area (Å²) in [5.74, 6) is 5.20. The molecule has 0 saturated heterocycles. The lowest BCUT2D eigenvalue weighted by Crippen LogP contribution is -2.61. The summed E-state index contributed by atoms with van der Waals surface area (Å²) in [6, 6.07) is 0.0129. The molecule has 4 aliphatic carbocycles. The van der Waals surface area contributed by atoms with E-state index in [1.54, 1.807) is 0 Å². The highest BCUT2D eigenvalue weighted by atomic mass is 16.2. The van der Waals surface area contributed by atoms with Gasteiger partial charge in [-0.1, -0.05) is 0 Å². The predicted molar refractivity (Wildman–Crippen MR) is 75.5 cm³/mol. The lowest BCUT2D eigenvalue weighted by Gasteiger charge is -2.56. The molecule has 0 radical (unpaired) electrons. The molecule has 2 amide bonds. The van der Waals surface area contributed by atoms with Crippen LogP contribution in [-0.2, 0) is 0 Å². The molecule has 19 heavy (non-hydrogen) atoms. The van der Waals surface area contributed by atoms with Gasteiger partial charge in [-0.25, -0.2) is 4.79 Å². The Morgan fingerprint density at radius 2 is 1.74 bits per heavy atom. The van der Waals surface area contributed by atoms with Crippen molar-refractivity contribution in [1.29, 1.82) is 0 Å². The van der Waals surface area contributed by atoms with Gasteiger partial charge in [-0.2, -0.15) is 0 Å². The van der Waals surface area contributed by atoms with Crippen LogP contribution >= 0.6 is 0 Å². The van der Waals surface area contributed by atoms with E-state index in [1.807, 2.05) is 0 Å². The topological polar surface area (TPSA) is 41.1 Å². The fourth-order valence-electron chi connectivity index (χ4n) is 4.94. The number of carbonyl (C=O) groups is 1. The summed E-state index contributed by atoms with van der Waals surface area (Å²) in [4.78, 5) is 12.0. The maximum absolute atomic E-state index is 12.0. The predicted octanol–water partition coefficient (Wildman–Crippen LogP) is 2.67. The van der Waals surface area contributed by atoms with E-state index in [1.165, 1.54) is 38.5 Å². The summed E-state index contributed by atoms with van der Waals surface area (Å²) in [6.45, 7) is 0.683. The molecule has 0 aromatic carbocycles. The van der Waals surface area contributed by atoms with Gasteiger partial charge in [-0.15, -0.1) is 12.3 Å². The maximum atomic E-state index is 12.0. The van der Waals surface area contributed by atoms with E-state index in [-0.39, 0.29) is 11.6 Å². The van der Waals surface area contributed by atoms with Crippen molar-refractivity contribution in [3.8, 4) is 12.3 Å². The van der Waals surface area contributed by atoms with Crippen LogP contribution < -0.4 is 10.6 Å². The number of nitrogens with one attached hydrogen (secondary N) is 2. The number of unbranched alkanes of at least 4 members (excludes halogenated alkanes) is 1. The lowest BCUT2D eigenvalue weighted by atomic mass is 9.53. The highest BCUT2D eigenvalue weighted by Crippen LogP contribution is 2.55. The van der Waals surface area contributed by atoms with Gasteiger partial charge in [-0.05, 0) is 62.7 Å².